The normalized spacial score (nSPS) is 27.6. The number of alkyl halides is 1. The average molecular weight is 257 g/mol. The summed E-state index contributed by atoms with van der Waals surface area (Å²) in [7, 11) is 0. The molecule has 2 atom stereocenters. The minimum atomic E-state index is -0.112. The topological polar surface area (TPSA) is 0 Å². The minimum absolute atomic E-state index is 0.112. The molecule has 0 aromatic heterocycles. The van der Waals surface area contributed by atoms with Crippen LogP contribution in [0.2, 0.25) is 0 Å². The monoisotopic (exact) mass is 256 g/mol. The van der Waals surface area contributed by atoms with Gasteiger partial charge < -0.3 is 0 Å². The van der Waals surface area contributed by atoms with Gasteiger partial charge in [-0.05, 0) is 42.9 Å². The van der Waals surface area contributed by atoms with Crippen LogP contribution in [0.1, 0.15) is 37.2 Å². The van der Waals surface area contributed by atoms with Crippen molar-refractivity contribution in [3.05, 3.63) is 35.6 Å². The quantitative estimate of drug-likeness (QED) is 0.660. The summed E-state index contributed by atoms with van der Waals surface area (Å²) in [6, 6.07) is 7.04. The summed E-state index contributed by atoms with van der Waals surface area (Å²) in [6.07, 6.45) is 4.85. The molecule has 2 rings (SSSR count). The van der Waals surface area contributed by atoms with Crippen molar-refractivity contribution in [2.75, 3.05) is 0 Å². The molecule has 0 amide bonds. The summed E-state index contributed by atoms with van der Waals surface area (Å²) in [5.41, 5.74) is 1.16. The van der Waals surface area contributed by atoms with Gasteiger partial charge in [-0.2, -0.15) is 0 Å². The van der Waals surface area contributed by atoms with E-state index in [4.69, 9.17) is 0 Å². The first-order valence-corrected chi connectivity index (χ1v) is 6.07. The second kappa shape index (κ2) is 4.43. The minimum Gasteiger partial charge on any atom is -0.207 e. The van der Waals surface area contributed by atoms with Crippen LogP contribution >= 0.6 is 15.9 Å². The lowest BCUT2D eigenvalue weighted by molar-refractivity contribution is 0.456. The highest BCUT2D eigenvalue weighted by Gasteiger charge is 2.21. The summed E-state index contributed by atoms with van der Waals surface area (Å²) in [4.78, 5) is 0.615. The van der Waals surface area contributed by atoms with Crippen molar-refractivity contribution in [3.8, 4) is 0 Å². The van der Waals surface area contributed by atoms with Crippen molar-refractivity contribution in [1.82, 2.24) is 0 Å². The van der Waals surface area contributed by atoms with Crippen molar-refractivity contribution >= 4 is 15.9 Å². The number of halogens is 2. The van der Waals surface area contributed by atoms with Gasteiger partial charge in [-0.25, -0.2) is 4.39 Å². The molecule has 14 heavy (non-hydrogen) atoms. The Morgan fingerprint density at radius 1 is 1.29 bits per heavy atom. The Morgan fingerprint density at radius 3 is 2.86 bits per heavy atom. The van der Waals surface area contributed by atoms with Crippen LogP contribution in [0.5, 0.6) is 0 Å². The molecule has 1 aromatic carbocycles. The highest BCUT2D eigenvalue weighted by atomic mass is 79.9. The Balaban J connectivity index is 2.14. The second-order valence-corrected chi connectivity index (χ2v) is 5.31. The Labute approximate surface area is 92.6 Å². The van der Waals surface area contributed by atoms with Crippen LogP contribution in [0.15, 0.2) is 24.3 Å². The van der Waals surface area contributed by atoms with Gasteiger partial charge in [0.05, 0.1) is 0 Å². The summed E-state index contributed by atoms with van der Waals surface area (Å²) >= 11 is 3.65. The third-order valence-electron chi connectivity index (χ3n) is 2.93. The molecular weight excluding hydrogens is 243 g/mol. The number of hydrogen-bond donors (Lipinski definition) is 0. The molecule has 76 valence electrons. The summed E-state index contributed by atoms with van der Waals surface area (Å²) < 4.78 is 13.0. The fraction of sp³-hybridized carbons (Fsp3) is 0.500. The SMILES string of the molecule is Fc1cccc(C2CCCC(Br)C2)c1. The van der Waals surface area contributed by atoms with E-state index in [0.717, 1.165) is 12.0 Å². The smallest absolute Gasteiger partial charge is 0.123 e. The van der Waals surface area contributed by atoms with Gasteiger partial charge in [0.2, 0.25) is 0 Å². The average Bonchev–Trinajstić information content (AvgIpc) is 2.18. The van der Waals surface area contributed by atoms with E-state index in [9.17, 15) is 4.39 Å². The largest absolute Gasteiger partial charge is 0.207 e. The first-order valence-electron chi connectivity index (χ1n) is 5.15. The highest BCUT2D eigenvalue weighted by Crippen LogP contribution is 2.35. The van der Waals surface area contributed by atoms with Gasteiger partial charge in [-0.1, -0.05) is 34.5 Å². The van der Waals surface area contributed by atoms with Crippen molar-refractivity contribution in [3.63, 3.8) is 0 Å². The fourth-order valence-corrected chi connectivity index (χ4v) is 2.97. The fourth-order valence-electron chi connectivity index (χ4n) is 2.19. The number of rotatable bonds is 1. The molecule has 0 aliphatic heterocycles. The molecule has 1 aliphatic rings. The molecule has 2 unspecified atom stereocenters. The van der Waals surface area contributed by atoms with E-state index in [0.29, 0.717) is 10.7 Å². The van der Waals surface area contributed by atoms with E-state index in [1.54, 1.807) is 6.07 Å². The predicted octanol–water partition coefficient (Wildman–Crippen LogP) is 4.25. The van der Waals surface area contributed by atoms with Gasteiger partial charge in [0.25, 0.3) is 0 Å². The van der Waals surface area contributed by atoms with E-state index in [-0.39, 0.29) is 5.82 Å². The first kappa shape index (κ1) is 10.2. The van der Waals surface area contributed by atoms with Crippen molar-refractivity contribution in [2.45, 2.75) is 36.4 Å². The van der Waals surface area contributed by atoms with Crippen LogP contribution in [-0.2, 0) is 0 Å². The maximum absolute atomic E-state index is 13.0. The van der Waals surface area contributed by atoms with Crippen LogP contribution < -0.4 is 0 Å². The molecule has 0 bridgehead atoms. The van der Waals surface area contributed by atoms with Crippen LogP contribution in [0.4, 0.5) is 4.39 Å². The third-order valence-corrected chi connectivity index (χ3v) is 3.76. The van der Waals surface area contributed by atoms with Gasteiger partial charge in [-0.15, -0.1) is 0 Å². The standard InChI is InChI=1S/C12H14BrF/c13-11-5-1-3-9(7-11)10-4-2-6-12(14)8-10/h2,4,6,8-9,11H,1,3,5,7H2. The Hall–Kier alpha value is -0.370. The summed E-state index contributed by atoms with van der Waals surface area (Å²) in [5.74, 6) is 0.433. The van der Waals surface area contributed by atoms with Crippen molar-refractivity contribution < 1.29 is 4.39 Å². The second-order valence-electron chi connectivity index (χ2n) is 4.02. The lowest BCUT2D eigenvalue weighted by Gasteiger charge is -2.25. The molecule has 0 nitrogen and oxygen atoms in total. The zero-order chi connectivity index (χ0) is 9.97. The molecule has 1 fully saturated rings. The van der Waals surface area contributed by atoms with Gasteiger partial charge in [0.15, 0.2) is 0 Å². The summed E-state index contributed by atoms with van der Waals surface area (Å²) in [5, 5.41) is 0. The maximum Gasteiger partial charge on any atom is 0.123 e. The first-order chi connectivity index (χ1) is 6.75. The van der Waals surface area contributed by atoms with Crippen LogP contribution in [0, 0.1) is 5.82 Å². The Morgan fingerprint density at radius 2 is 2.14 bits per heavy atom. The molecule has 1 aliphatic carbocycles. The lowest BCUT2D eigenvalue weighted by atomic mass is 9.84. The molecule has 0 heterocycles. The van der Waals surface area contributed by atoms with Gasteiger partial charge >= 0.3 is 0 Å². The van der Waals surface area contributed by atoms with E-state index in [2.05, 4.69) is 15.9 Å². The number of hydrogen-bond acceptors (Lipinski definition) is 0. The zero-order valence-electron chi connectivity index (χ0n) is 8.05. The van der Waals surface area contributed by atoms with E-state index >= 15 is 0 Å². The molecule has 0 radical (unpaired) electrons. The summed E-state index contributed by atoms with van der Waals surface area (Å²) in [6.45, 7) is 0. The lowest BCUT2D eigenvalue weighted by Crippen LogP contribution is -2.13. The van der Waals surface area contributed by atoms with E-state index in [1.165, 1.54) is 25.3 Å². The van der Waals surface area contributed by atoms with Crippen molar-refractivity contribution in [1.29, 1.82) is 0 Å². The molecular formula is C12H14BrF. The predicted molar refractivity (Wildman–Crippen MR) is 60.3 cm³/mol. The van der Waals surface area contributed by atoms with Crippen LogP contribution in [-0.4, -0.2) is 4.83 Å². The molecule has 2 heteroatoms. The highest BCUT2D eigenvalue weighted by molar-refractivity contribution is 9.09. The van der Waals surface area contributed by atoms with Gasteiger partial charge in [0.1, 0.15) is 5.82 Å². The van der Waals surface area contributed by atoms with Crippen LogP contribution in [0.3, 0.4) is 0 Å². The van der Waals surface area contributed by atoms with Gasteiger partial charge in [-0.3, -0.25) is 0 Å². The number of benzene rings is 1. The molecule has 1 saturated carbocycles. The molecule has 0 N–H and O–H groups in total. The van der Waals surface area contributed by atoms with E-state index < -0.39 is 0 Å². The van der Waals surface area contributed by atoms with Crippen molar-refractivity contribution in [2.24, 2.45) is 0 Å². The maximum atomic E-state index is 13.0. The van der Waals surface area contributed by atoms with E-state index in [1.807, 2.05) is 12.1 Å². The van der Waals surface area contributed by atoms with Gasteiger partial charge in [0, 0.05) is 4.83 Å². The molecule has 0 spiro atoms. The third kappa shape index (κ3) is 2.35. The molecule has 1 aromatic rings. The Bertz CT molecular complexity index is 311. The van der Waals surface area contributed by atoms with Crippen LogP contribution in [0.25, 0.3) is 0 Å². The Kier molecular flexibility index (Phi) is 3.22. The molecule has 0 saturated heterocycles. The zero-order valence-corrected chi connectivity index (χ0v) is 9.63.